The molecule has 2 rings (SSSR count). The molecule has 1 aromatic carbocycles. The van der Waals surface area contributed by atoms with E-state index in [1.54, 1.807) is 0 Å². The smallest absolute Gasteiger partial charge is 0.251 e. The summed E-state index contributed by atoms with van der Waals surface area (Å²) in [6, 6.07) is 7.68. The van der Waals surface area contributed by atoms with Gasteiger partial charge in [0, 0.05) is 17.2 Å². The Labute approximate surface area is 120 Å². The molecule has 1 aliphatic rings. The molecule has 2 atom stereocenters. The van der Waals surface area contributed by atoms with Crippen LogP contribution < -0.4 is 11.1 Å². The average molecular weight is 270 g/mol. The van der Waals surface area contributed by atoms with Crippen molar-refractivity contribution >= 4 is 5.91 Å². The van der Waals surface area contributed by atoms with Crippen molar-refractivity contribution in [3.05, 3.63) is 35.4 Å². The zero-order valence-corrected chi connectivity index (χ0v) is 12.0. The molecule has 20 heavy (non-hydrogen) atoms. The number of carbonyl (C=O) groups is 1. The van der Waals surface area contributed by atoms with Gasteiger partial charge in [-0.05, 0) is 43.0 Å². The third-order valence-corrected chi connectivity index (χ3v) is 3.91. The van der Waals surface area contributed by atoms with Crippen LogP contribution in [0.25, 0.3) is 0 Å². The van der Waals surface area contributed by atoms with E-state index in [1.807, 2.05) is 24.3 Å². The van der Waals surface area contributed by atoms with Crippen molar-refractivity contribution in [2.75, 3.05) is 6.54 Å². The summed E-state index contributed by atoms with van der Waals surface area (Å²) in [6.07, 6.45) is 4.79. The molecular weight excluding hydrogens is 248 g/mol. The minimum Gasteiger partial charge on any atom is -0.349 e. The van der Waals surface area contributed by atoms with E-state index >= 15 is 0 Å². The molecule has 0 aromatic heterocycles. The number of nitrogens with one attached hydrogen (secondary N) is 1. The van der Waals surface area contributed by atoms with Crippen LogP contribution in [-0.2, 0) is 0 Å². The maximum Gasteiger partial charge on any atom is 0.251 e. The summed E-state index contributed by atoms with van der Waals surface area (Å²) in [4.78, 5) is 12.2. The molecule has 3 nitrogen and oxygen atoms in total. The van der Waals surface area contributed by atoms with Gasteiger partial charge in [-0.2, -0.15) is 0 Å². The SMILES string of the molecule is CC1CCCCC1NC(=O)c1ccc(C#CCN)cc1. The van der Waals surface area contributed by atoms with E-state index in [2.05, 4.69) is 24.1 Å². The highest BCUT2D eigenvalue weighted by Crippen LogP contribution is 2.24. The van der Waals surface area contributed by atoms with Crippen molar-refractivity contribution in [1.29, 1.82) is 0 Å². The Balaban J connectivity index is 1.98. The second kappa shape index (κ2) is 7.12. The maximum atomic E-state index is 12.2. The molecule has 0 saturated heterocycles. The van der Waals surface area contributed by atoms with Gasteiger partial charge in [0.2, 0.25) is 0 Å². The standard InChI is InChI=1S/C17H22N2O/c1-13-5-2-3-7-16(13)19-17(20)15-10-8-14(9-11-15)6-4-12-18/h8-11,13,16H,2-3,5,7,12,18H2,1H3,(H,19,20). The van der Waals surface area contributed by atoms with E-state index in [-0.39, 0.29) is 5.91 Å². The highest BCUT2D eigenvalue weighted by molar-refractivity contribution is 5.94. The second-order valence-corrected chi connectivity index (χ2v) is 5.42. The normalized spacial score (nSPS) is 21.7. The predicted octanol–water partition coefficient (Wildman–Crippen LogP) is 2.31. The molecule has 0 aliphatic heterocycles. The topological polar surface area (TPSA) is 55.1 Å². The van der Waals surface area contributed by atoms with Crippen LogP contribution in [0.3, 0.4) is 0 Å². The van der Waals surface area contributed by atoms with Crippen molar-refractivity contribution in [1.82, 2.24) is 5.32 Å². The third-order valence-electron chi connectivity index (χ3n) is 3.91. The largest absolute Gasteiger partial charge is 0.349 e. The van der Waals surface area contributed by atoms with Crippen molar-refractivity contribution < 1.29 is 4.79 Å². The lowest BCUT2D eigenvalue weighted by atomic mass is 9.86. The Morgan fingerprint density at radius 3 is 2.65 bits per heavy atom. The van der Waals surface area contributed by atoms with Crippen molar-refractivity contribution in [3.63, 3.8) is 0 Å². The summed E-state index contributed by atoms with van der Waals surface area (Å²) in [6.45, 7) is 2.57. The van der Waals surface area contributed by atoms with Gasteiger partial charge in [-0.25, -0.2) is 0 Å². The molecule has 1 aliphatic carbocycles. The van der Waals surface area contributed by atoms with Crippen LogP contribution in [0.15, 0.2) is 24.3 Å². The molecule has 106 valence electrons. The van der Waals surface area contributed by atoms with E-state index in [0.29, 0.717) is 24.1 Å². The van der Waals surface area contributed by atoms with Gasteiger partial charge in [0.05, 0.1) is 6.54 Å². The monoisotopic (exact) mass is 270 g/mol. The molecular formula is C17H22N2O. The van der Waals surface area contributed by atoms with Crippen molar-refractivity contribution in [3.8, 4) is 11.8 Å². The van der Waals surface area contributed by atoms with E-state index < -0.39 is 0 Å². The molecule has 3 heteroatoms. The summed E-state index contributed by atoms with van der Waals surface area (Å²) in [5, 5.41) is 3.15. The Hall–Kier alpha value is -1.79. The molecule has 0 bridgehead atoms. The average Bonchev–Trinajstić information content (AvgIpc) is 2.48. The van der Waals surface area contributed by atoms with Gasteiger partial charge in [-0.3, -0.25) is 4.79 Å². The zero-order valence-electron chi connectivity index (χ0n) is 12.0. The van der Waals surface area contributed by atoms with E-state index in [0.717, 1.165) is 12.0 Å². The van der Waals surface area contributed by atoms with Crippen molar-refractivity contribution in [2.45, 2.75) is 38.6 Å². The quantitative estimate of drug-likeness (QED) is 0.810. The number of benzene rings is 1. The maximum absolute atomic E-state index is 12.2. The number of rotatable bonds is 2. The molecule has 1 aromatic rings. The van der Waals surface area contributed by atoms with Crippen LogP contribution in [0.4, 0.5) is 0 Å². The lowest BCUT2D eigenvalue weighted by Gasteiger charge is -2.29. The van der Waals surface area contributed by atoms with E-state index in [1.165, 1.54) is 19.3 Å². The number of hydrogen-bond acceptors (Lipinski definition) is 2. The molecule has 3 N–H and O–H groups in total. The fourth-order valence-corrected chi connectivity index (χ4v) is 2.64. The first kappa shape index (κ1) is 14.6. The second-order valence-electron chi connectivity index (χ2n) is 5.42. The van der Waals surface area contributed by atoms with Crippen LogP contribution >= 0.6 is 0 Å². The minimum absolute atomic E-state index is 0.0158. The summed E-state index contributed by atoms with van der Waals surface area (Å²) < 4.78 is 0. The third kappa shape index (κ3) is 3.85. The Morgan fingerprint density at radius 2 is 2.00 bits per heavy atom. The van der Waals surface area contributed by atoms with Gasteiger partial charge >= 0.3 is 0 Å². The van der Waals surface area contributed by atoms with Gasteiger partial charge in [0.1, 0.15) is 0 Å². The summed E-state index contributed by atoms with van der Waals surface area (Å²) >= 11 is 0. The lowest BCUT2D eigenvalue weighted by molar-refractivity contribution is 0.0910. The van der Waals surface area contributed by atoms with Gasteiger partial charge < -0.3 is 11.1 Å². The number of hydrogen-bond donors (Lipinski definition) is 2. The van der Waals surface area contributed by atoms with Gasteiger partial charge in [0.15, 0.2) is 0 Å². The van der Waals surface area contributed by atoms with Gasteiger partial charge in [-0.1, -0.05) is 31.6 Å². The lowest BCUT2D eigenvalue weighted by Crippen LogP contribution is -2.41. The molecule has 1 saturated carbocycles. The van der Waals surface area contributed by atoms with Crippen LogP contribution in [0.1, 0.15) is 48.5 Å². The summed E-state index contributed by atoms with van der Waals surface area (Å²) in [5.41, 5.74) is 6.92. The first-order valence-electron chi connectivity index (χ1n) is 7.30. The van der Waals surface area contributed by atoms with Crippen molar-refractivity contribution in [2.24, 2.45) is 11.7 Å². The van der Waals surface area contributed by atoms with Crippen LogP contribution in [0, 0.1) is 17.8 Å². The Kier molecular flexibility index (Phi) is 5.20. The van der Waals surface area contributed by atoms with Crippen LogP contribution in [-0.4, -0.2) is 18.5 Å². The first-order chi connectivity index (χ1) is 9.70. The first-order valence-corrected chi connectivity index (χ1v) is 7.30. The Morgan fingerprint density at radius 1 is 1.30 bits per heavy atom. The molecule has 0 spiro atoms. The number of amides is 1. The summed E-state index contributed by atoms with van der Waals surface area (Å²) in [7, 11) is 0. The van der Waals surface area contributed by atoms with Crippen LogP contribution in [0.5, 0.6) is 0 Å². The fraction of sp³-hybridized carbons (Fsp3) is 0.471. The summed E-state index contributed by atoms with van der Waals surface area (Å²) in [5.74, 6) is 6.34. The molecule has 1 amide bonds. The molecule has 2 unspecified atom stereocenters. The predicted molar refractivity (Wildman–Crippen MR) is 81.3 cm³/mol. The zero-order chi connectivity index (χ0) is 14.4. The fourth-order valence-electron chi connectivity index (χ4n) is 2.64. The molecule has 1 fully saturated rings. The van der Waals surface area contributed by atoms with E-state index in [9.17, 15) is 4.79 Å². The minimum atomic E-state index is 0.0158. The Bertz CT molecular complexity index is 510. The van der Waals surface area contributed by atoms with Gasteiger partial charge in [0.25, 0.3) is 5.91 Å². The van der Waals surface area contributed by atoms with E-state index in [4.69, 9.17) is 5.73 Å². The highest BCUT2D eigenvalue weighted by atomic mass is 16.1. The van der Waals surface area contributed by atoms with Gasteiger partial charge in [-0.15, -0.1) is 0 Å². The molecule has 0 heterocycles. The van der Waals surface area contributed by atoms with Crippen LogP contribution in [0.2, 0.25) is 0 Å². The number of nitrogens with two attached hydrogens (primary N) is 1. The molecule has 0 radical (unpaired) electrons. The number of carbonyl (C=O) groups excluding carboxylic acids is 1. The highest BCUT2D eigenvalue weighted by Gasteiger charge is 2.23.